The molecular formula is C11H14N4O. The maximum atomic E-state index is 5.41. The minimum Gasteiger partial charge on any atom is -0.339 e. The third kappa shape index (κ3) is 2.87. The van der Waals surface area contributed by atoms with Gasteiger partial charge < -0.3 is 10.3 Å². The molecular weight excluding hydrogens is 204 g/mol. The molecule has 2 aromatic heterocycles. The van der Waals surface area contributed by atoms with Gasteiger partial charge in [0.05, 0.1) is 0 Å². The predicted molar refractivity (Wildman–Crippen MR) is 58.7 cm³/mol. The van der Waals surface area contributed by atoms with Crippen LogP contribution in [0.3, 0.4) is 0 Å². The van der Waals surface area contributed by atoms with Gasteiger partial charge in [0.25, 0.3) is 0 Å². The number of rotatable bonds is 5. The summed E-state index contributed by atoms with van der Waals surface area (Å²) in [5, 5.41) is 3.91. The molecule has 0 aliphatic rings. The molecule has 2 N–H and O–H groups in total. The van der Waals surface area contributed by atoms with Gasteiger partial charge in [0.1, 0.15) is 0 Å². The van der Waals surface area contributed by atoms with Gasteiger partial charge in [0.2, 0.25) is 5.89 Å². The van der Waals surface area contributed by atoms with Crippen LogP contribution >= 0.6 is 0 Å². The normalized spacial score (nSPS) is 10.6. The third-order valence-electron chi connectivity index (χ3n) is 2.19. The summed E-state index contributed by atoms with van der Waals surface area (Å²) in [4.78, 5) is 8.32. The average molecular weight is 218 g/mol. The lowest BCUT2D eigenvalue weighted by Crippen LogP contribution is -2.00. The maximum Gasteiger partial charge on any atom is 0.226 e. The Hall–Kier alpha value is -1.75. The Morgan fingerprint density at radius 1 is 1.38 bits per heavy atom. The molecule has 0 aliphatic carbocycles. The molecule has 2 rings (SSSR count). The topological polar surface area (TPSA) is 77.8 Å². The second-order valence-electron chi connectivity index (χ2n) is 3.53. The van der Waals surface area contributed by atoms with E-state index < -0.39 is 0 Å². The SMILES string of the molecule is NCCCc1nc(Cc2cccnc2)no1. The van der Waals surface area contributed by atoms with Crippen molar-refractivity contribution in [3.63, 3.8) is 0 Å². The molecule has 0 fully saturated rings. The second kappa shape index (κ2) is 5.37. The molecule has 0 aliphatic heterocycles. The van der Waals surface area contributed by atoms with E-state index >= 15 is 0 Å². The van der Waals surface area contributed by atoms with Crippen LogP contribution in [0.2, 0.25) is 0 Å². The van der Waals surface area contributed by atoms with Crippen molar-refractivity contribution >= 4 is 0 Å². The smallest absolute Gasteiger partial charge is 0.226 e. The first-order valence-corrected chi connectivity index (χ1v) is 5.29. The van der Waals surface area contributed by atoms with Gasteiger partial charge in [-0.2, -0.15) is 4.98 Å². The largest absolute Gasteiger partial charge is 0.339 e. The van der Waals surface area contributed by atoms with E-state index in [1.54, 1.807) is 12.4 Å². The van der Waals surface area contributed by atoms with Gasteiger partial charge in [-0.3, -0.25) is 4.98 Å². The average Bonchev–Trinajstić information content (AvgIpc) is 2.75. The van der Waals surface area contributed by atoms with Crippen molar-refractivity contribution in [2.75, 3.05) is 6.54 Å². The van der Waals surface area contributed by atoms with Gasteiger partial charge in [-0.15, -0.1) is 0 Å². The van der Waals surface area contributed by atoms with Crippen LogP contribution in [0.15, 0.2) is 29.0 Å². The lowest BCUT2D eigenvalue weighted by atomic mass is 10.2. The summed E-state index contributed by atoms with van der Waals surface area (Å²) < 4.78 is 5.10. The summed E-state index contributed by atoms with van der Waals surface area (Å²) in [7, 11) is 0. The molecule has 2 heterocycles. The van der Waals surface area contributed by atoms with Crippen molar-refractivity contribution in [1.29, 1.82) is 0 Å². The summed E-state index contributed by atoms with van der Waals surface area (Å²) >= 11 is 0. The highest BCUT2D eigenvalue weighted by Crippen LogP contribution is 2.06. The van der Waals surface area contributed by atoms with Crippen LogP contribution in [0.1, 0.15) is 23.7 Å². The highest BCUT2D eigenvalue weighted by molar-refractivity contribution is 5.13. The molecule has 0 radical (unpaired) electrons. The summed E-state index contributed by atoms with van der Waals surface area (Å²) in [6.07, 6.45) is 5.81. The summed E-state index contributed by atoms with van der Waals surface area (Å²) in [5.74, 6) is 1.35. The Morgan fingerprint density at radius 2 is 2.31 bits per heavy atom. The predicted octanol–water partition coefficient (Wildman–Crippen LogP) is 0.947. The van der Waals surface area contributed by atoms with E-state index in [0.717, 1.165) is 18.4 Å². The van der Waals surface area contributed by atoms with Crippen LogP contribution in [0.5, 0.6) is 0 Å². The quantitative estimate of drug-likeness (QED) is 0.808. The number of hydrogen-bond acceptors (Lipinski definition) is 5. The molecule has 2 aromatic rings. The Labute approximate surface area is 93.7 Å². The second-order valence-corrected chi connectivity index (χ2v) is 3.53. The monoisotopic (exact) mass is 218 g/mol. The molecule has 0 unspecified atom stereocenters. The Morgan fingerprint density at radius 3 is 3.06 bits per heavy atom. The van der Waals surface area contributed by atoms with Gasteiger partial charge in [-0.05, 0) is 24.6 Å². The van der Waals surface area contributed by atoms with Gasteiger partial charge in [-0.25, -0.2) is 0 Å². The fraction of sp³-hybridized carbons (Fsp3) is 0.364. The van der Waals surface area contributed by atoms with Crippen LogP contribution in [-0.2, 0) is 12.8 Å². The Bertz CT molecular complexity index is 427. The molecule has 16 heavy (non-hydrogen) atoms. The number of aryl methyl sites for hydroxylation is 1. The van der Waals surface area contributed by atoms with E-state index in [9.17, 15) is 0 Å². The van der Waals surface area contributed by atoms with Gasteiger partial charge in [0.15, 0.2) is 5.82 Å². The van der Waals surface area contributed by atoms with Gasteiger partial charge in [-0.1, -0.05) is 11.2 Å². The Kier molecular flexibility index (Phi) is 3.61. The van der Waals surface area contributed by atoms with E-state index in [0.29, 0.717) is 24.7 Å². The number of pyridine rings is 1. The zero-order valence-electron chi connectivity index (χ0n) is 8.97. The number of nitrogens with zero attached hydrogens (tertiary/aromatic N) is 3. The fourth-order valence-electron chi connectivity index (χ4n) is 1.40. The minimum absolute atomic E-state index is 0.639. The highest BCUT2D eigenvalue weighted by atomic mass is 16.5. The van der Waals surface area contributed by atoms with Gasteiger partial charge >= 0.3 is 0 Å². The van der Waals surface area contributed by atoms with Crippen molar-refractivity contribution < 1.29 is 4.52 Å². The minimum atomic E-state index is 0.639. The van der Waals surface area contributed by atoms with Crippen molar-refractivity contribution in [3.05, 3.63) is 41.8 Å². The lowest BCUT2D eigenvalue weighted by Gasteiger charge is -1.93. The molecule has 5 heteroatoms. The highest BCUT2D eigenvalue weighted by Gasteiger charge is 2.06. The first-order valence-electron chi connectivity index (χ1n) is 5.29. The van der Waals surface area contributed by atoms with Crippen molar-refractivity contribution in [3.8, 4) is 0 Å². The molecule has 0 saturated carbocycles. The molecule has 84 valence electrons. The molecule has 0 aromatic carbocycles. The molecule has 0 spiro atoms. The zero-order chi connectivity index (χ0) is 11.2. The number of hydrogen-bond donors (Lipinski definition) is 1. The van der Waals surface area contributed by atoms with E-state index in [2.05, 4.69) is 15.1 Å². The lowest BCUT2D eigenvalue weighted by molar-refractivity contribution is 0.371. The van der Waals surface area contributed by atoms with E-state index in [4.69, 9.17) is 10.3 Å². The fourth-order valence-corrected chi connectivity index (χ4v) is 1.40. The van der Waals surface area contributed by atoms with Gasteiger partial charge in [0, 0.05) is 25.2 Å². The van der Waals surface area contributed by atoms with E-state index in [1.165, 1.54) is 0 Å². The molecule has 0 saturated heterocycles. The molecule has 0 bridgehead atoms. The van der Waals surface area contributed by atoms with Crippen LogP contribution in [0.4, 0.5) is 0 Å². The molecule has 0 atom stereocenters. The first-order chi connectivity index (χ1) is 7.88. The maximum absolute atomic E-state index is 5.41. The Balaban J connectivity index is 1.97. The van der Waals surface area contributed by atoms with E-state index in [1.807, 2.05) is 12.1 Å². The van der Waals surface area contributed by atoms with E-state index in [-0.39, 0.29) is 0 Å². The number of nitrogens with two attached hydrogens (primary N) is 1. The summed E-state index contributed by atoms with van der Waals surface area (Å²) in [6.45, 7) is 0.639. The van der Waals surface area contributed by atoms with Crippen LogP contribution in [0, 0.1) is 0 Å². The summed E-state index contributed by atoms with van der Waals surface area (Å²) in [6, 6.07) is 3.88. The molecule has 0 amide bonds. The van der Waals surface area contributed by atoms with Crippen molar-refractivity contribution in [2.24, 2.45) is 5.73 Å². The standard InChI is InChI=1S/C11H14N4O/c12-5-1-4-11-14-10(15-16-11)7-9-3-2-6-13-8-9/h2-3,6,8H,1,4-5,7,12H2. The van der Waals surface area contributed by atoms with Crippen LogP contribution in [-0.4, -0.2) is 21.7 Å². The zero-order valence-corrected chi connectivity index (χ0v) is 8.97. The summed E-state index contributed by atoms with van der Waals surface area (Å²) in [5.41, 5.74) is 6.49. The first kappa shape index (κ1) is 10.8. The van der Waals surface area contributed by atoms with Crippen LogP contribution in [0.25, 0.3) is 0 Å². The van der Waals surface area contributed by atoms with Crippen LogP contribution < -0.4 is 5.73 Å². The number of aromatic nitrogens is 3. The third-order valence-corrected chi connectivity index (χ3v) is 2.19. The van der Waals surface area contributed by atoms with Crippen molar-refractivity contribution in [2.45, 2.75) is 19.3 Å². The molecule has 5 nitrogen and oxygen atoms in total. The van der Waals surface area contributed by atoms with Crippen molar-refractivity contribution in [1.82, 2.24) is 15.1 Å².